The van der Waals surface area contributed by atoms with Crippen molar-refractivity contribution in [3.05, 3.63) is 30.1 Å². The molecule has 1 amide bonds. The molecule has 1 aliphatic heterocycles. The number of carboxylic acids is 1. The van der Waals surface area contributed by atoms with Crippen molar-refractivity contribution >= 4 is 11.9 Å². The van der Waals surface area contributed by atoms with Gasteiger partial charge < -0.3 is 10.0 Å². The fraction of sp³-hybridized carbons (Fsp3) is 0.500. The zero-order valence-corrected chi connectivity index (χ0v) is 10.8. The zero-order chi connectivity index (χ0) is 13.7. The highest BCUT2D eigenvalue weighted by atomic mass is 16.4. The van der Waals surface area contributed by atoms with E-state index >= 15 is 0 Å². The molecule has 5 heteroatoms. The van der Waals surface area contributed by atoms with Gasteiger partial charge in [0.2, 0.25) is 5.91 Å². The summed E-state index contributed by atoms with van der Waals surface area (Å²) in [5.74, 6) is -0.868. The Morgan fingerprint density at radius 2 is 2.21 bits per heavy atom. The number of carbonyl (C=O) groups excluding carboxylic acids is 1. The molecule has 2 heterocycles. The van der Waals surface area contributed by atoms with Crippen LogP contribution < -0.4 is 0 Å². The van der Waals surface area contributed by atoms with Gasteiger partial charge in [-0.1, -0.05) is 6.07 Å². The predicted molar refractivity (Wildman–Crippen MR) is 69.5 cm³/mol. The molecule has 1 aliphatic rings. The van der Waals surface area contributed by atoms with Crippen LogP contribution in [0.1, 0.15) is 31.4 Å². The van der Waals surface area contributed by atoms with Gasteiger partial charge in [0.05, 0.1) is 12.8 Å². The molecular formula is C14H18N2O3. The quantitative estimate of drug-likeness (QED) is 0.892. The zero-order valence-electron chi connectivity index (χ0n) is 10.8. The van der Waals surface area contributed by atoms with Gasteiger partial charge in [-0.15, -0.1) is 0 Å². The van der Waals surface area contributed by atoms with E-state index in [1.165, 1.54) is 0 Å². The summed E-state index contributed by atoms with van der Waals surface area (Å²) in [5.41, 5.74) is 0.729. The van der Waals surface area contributed by atoms with Gasteiger partial charge in [-0.2, -0.15) is 0 Å². The van der Waals surface area contributed by atoms with Crippen LogP contribution in [-0.4, -0.2) is 39.5 Å². The minimum absolute atomic E-state index is 0.0235. The van der Waals surface area contributed by atoms with Gasteiger partial charge in [0.1, 0.15) is 0 Å². The van der Waals surface area contributed by atoms with Crippen molar-refractivity contribution in [2.75, 3.05) is 6.54 Å². The molecule has 1 N–H and O–H groups in total. The minimum Gasteiger partial charge on any atom is -0.481 e. The molecule has 2 rings (SSSR count). The normalized spacial score (nSPS) is 19.2. The van der Waals surface area contributed by atoms with Gasteiger partial charge >= 0.3 is 5.97 Å². The molecule has 0 radical (unpaired) electrons. The number of amides is 1. The summed E-state index contributed by atoms with van der Waals surface area (Å²) in [6.45, 7) is 0.656. The van der Waals surface area contributed by atoms with E-state index in [9.17, 15) is 9.59 Å². The maximum absolute atomic E-state index is 12.3. The summed E-state index contributed by atoms with van der Waals surface area (Å²) in [6.07, 6.45) is 4.66. The summed E-state index contributed by atoms with van der Waals surface area (Å²) in [7, 11) is 0. The molecule has 1 fully saturated rings. The van der Waals surface area contributed by atoms with E-state index in [4.69, 9.17) is 5.11 Å². The highest BCUT2D eigenvalue weighted by Gasteiger charge is 2.28. The first kappa shape index (κ1) is 13.5. The molecule has 0 saturated carbocycles. The second kappa shape index (κ2) is 6.31. The minimum atomic E-state index is -0.845. The molecule has 1 atom stereocenters. The molecule has 0 spiro atoms. The number of hydrogen-bond donors (Lipinski definition) is 1. The Morgan fingerprint density at radius 1 is 1.37 bits per heavy atom. The van der Waals surface area contributed by atoms with Crippen LogP contribution in [0.3, 0.4) is 0 Å². The van der Waals surface area contributed by atoms with Crippen molar-refractivity contribution in [3.8, 4) is 0 Å². The van der Waals surface area contributed by atoms with Gasteiger partial charge in [0.25, 0.3) is 0 Å². The molecule has 1 aromatic heterocycles. The standard InChI is InChI=1S/C14H18N2O3/c17-13(9-11-5-1-3-7-15-11)16-8-4-2-6-12(16)10-14(18)19/h1,3,5,7,12H,2,4,6,8-10H2,(H,18,19). The lowest BCUT2D eigenvalue weighted by atomic mass is 9.98. The van der Waals surface area contributed by atoms with Crippen LogP contribution in [0.5, 0.6) is 0 Å². The fourth-order valence-corrected chi connectivity index (χ4v) is 2.50. The first-order chi connectivity index (χ1) is 9.16. The summed E-state index contributed by atoms with van der Waals surface area (Å²) in [4.78, 5) is 28.9. The number of nitrogens with zero attached hydrogens (tertiary/aromatic N) is 2. The van der Waals surface area contributed by atoms with E-state index in [2.05, 4.69) is 4.98 Å². The van der Waals surface area contributed by atoms with E-state index < -0.39 is 5.97 Å². The Morgan fingerprint density at radius 3 is 2.89 bits per heavy atom. The lowest BCUT2D eigenvalue weighted by Gasteiger charge is -2.35. The van der Waals surface area contributed by atoms with Crippen LogP contribution >= 0.6 is 0 Å². The summed E-state index contributed by atoms with van der Waals surface area (Å²) in [6, 6.07) is 5.30. The number of pyridine rings is 1. The Hall–Kier alpha value is -1.91. The number of rotatable bonds is 4. The Balaban J connectivity index is 2.01. The number of carboxylic acid groups (broad SMARTS) is 1. The SMILES string of the molecule is O=C(O)CC1CCCCN1C(=O)Cc1ccccn1. The predicted octanol–water partition coefficient (Wildman–Crippen LogP) is 1.48. The molecule has 5 nitrogen and oxygen atoms in total. The molecule has 102 valence electrons. The topological polar surface area (TPSA) is 70.5 Å². The third-order valence-electron chi connectivity index (χ3n) is 3.42. The van der Waals surface area contributed by atoms with Crippen molar-refractivity contribution in [3.63, 3.8) is 0 Å². The highest BCUT2D eigenvalue weighted by molar-refractivity contribution is 5.79. The van der Waals surface area contributed by atoms with Gasteiger partial charge in [0.15, 0.2) is 0 Å². The van der Waals surface area contributed by atoms with Crippen LogP contribution in [0.4, 0.5) is 0 Å². The average molecular weight is 262 g/mol. The number of hydrogen-bond acceptors (Lipinski definition) is 3. The number of aliphatic carboxylic acids is 1. The van der Waals surface area contributed by atoms with Crippen molar-refractivity contribution in [1.82, 2.24) is 9.88 Å². The summed E-state index contributed by atoms with van der Waals surface area (Å²) < 4.78 is 0. The molecule has 1 aromatic rings. The van der Waals surface area contributed by atoms with Crippen LogP contribution in [0.25, 0.3) is 0 Å². The van der Waals surface area contributed by atoms with E-state index in [1.54, 1.807) is 11.1 Å². The second-order valence-corrected chi connectivity index (χ2v) is 4.83. The largest absolute Gasteiger partial charge is 0.481 e. The van der Waals surface area contributed by atoms with Crippen molar-refractivity contribution in [2.24, 2.45) is 0 Å². The Bertz CT molecular complexity index is 447. The number of carbonyl (C=O) groups is 2. The van der Waals surface area contributed by atoms with Crippen molar-refractivity contribution in [2.45, 2.75) is 38.1 Å². The van der Waals surface area contributed by atoms with E-state index in [0.717, 1.165) is 25.0 Å². The van der Waals surface area contributed by atoms with Gasteiger partial charge in [-0.05, 0) is 31.4 Å². The third-order valence-corrected chi connectivity index (χ3v) is 3.42. The maximum Gasteiger partial charge on any atom is 0.305 e. The molecular weight excluding hydrogens is 244 g/mol. The molecule has 1 unspecified atom stereocenters. The molecule has 1 saturated heterocycles. The molecule has 19 heavy (non-hydrogen) atoms. The molecule has 0 aromatic carbocycles. The Labute approximate surface area is 112 Å². The smallest absolute Gasteiger partial charge is 0.305 e. The highest BCUT2D eigenvalue weighted by Crippen LogP contribution is 2.20. The fourth-order valence-electron chi connectivity index (χ4n) is 2.50. The molecule has 0 bridgehead atoms. The summed E-state index contributed by atoms with van der Waals surface area (Å²) >= 11 is 0. The van der Waals surface area contributed by atoms with Crippen LogP contribution in [-0.2, 0) is 16.0 Å². The Kier molecular flexibility index (Phi) is 4.49. The first-order valence-electron chi connectivity index (χ1n) is 6.58. The third kappa shape index (κ3) is 3.77. The average Bonchev–Trinajstić information content (AvgIpc) is 2.39. The number of piperidine rings is 1. The first-order valence-corrected chi connectivity index (χ1v) is 6.58. The van der Waals surface area contributed by atoms with Crippen LogP contribution in [0, 0.1) is 0 Å². The van der Waals surface area contributed by atoms with E-state index in [-0.39, 0.29) is 24.8 Å². The number of aromatic nitrogens is 1. The maximum atomic E-state index is 12.3. The number of likely N-dealkylation sites (tertiary alicyclic amines) is 1. The summed E-state index contributed by atoms with van der Waals surface area (Å²) in [5, 5.41) is 8.90. The molecule has 0 aliphatic carbocycles. The monoisotopic (exact) mass is 262 g/mol. The van der Waals surface area contributed by atoms with Crippen molar-refractivity contribution in [1.29, 1.82) is 0 Å². The van der Waals surface area contributed by atoms with Gasteiger partial charge in [-0.3, -0.25) is 14.6 Å². The lowest BCUT2D eigenvalue weighted by Crippen LogP contribution is -2.45. The van der Waals surface area contributed by atoms with E-state index in [0.29, 0.717) is 6.54 Å². The van der Waals surface area contributed by atoms with E-state index in [1.807, 2.05) is 18.2 Å². The van der Waals surface area contributed by atoms with Crippen LogP contribution in [0.15, 0.2) is 24.4 Å². The van der Waals surface area contributed by atoms with Crippen molar-refractivity contribution < 1.29 is 14.7 Å². The second-order valence-electron chi connectivity index (χ2n) is 4.83. The van der Waals surface area contributed by atoms with Crippen LogP contribution in [0.2, 0.25) is 0 Å². The van der Waals surface area contributed by atoms with Gasteiger partial charge in [-0.25, -0.2) is 0 Å². The van der Waals surface area contributed by atoms with Gasteiger partial charge in [0, 0.05) is 24.5 Å². The lowest BCUT2D eigenvalue weighted by molar-refractivity contribution is -0.141.